The second-order valence-electron chi connectivity index (χ2n) is 5.68. The predicted octanol–water partition coefficient (Wildman–Crippen LogP) is 0.554. The van der Waals surface area contributed by atoms with E-state index in [2.05, 4.69) is 12.2 Å². The number of rotatable bonds is 2. The molecule has 0 spiro atoms. The van der Waals surface area contributed by atoms with Crippen LogP contribution in [0.25, 0.3) is 0 Å². The van der Waals surface area contributed by atoms with Crippen molar-refractivity contribution in [2.45, 2.75) is 32.7 Å². The van der Waals surface area contributed by atoms with Crippen LogP contribution in [-0.2, 0) is 9.59 Å². The van der Waals surface area contributed by atoms with E-state index in [1.54, 1.807) is 0 Å². The average Bonchev–Trinajstić information content (AvgIpc) is 2.74. The van der Waals surface area contributed by atoms with E-state index in [1.165, 1.54) is 0 Å². The molecule has 2 unspecified atom stereocenters. The van der Waals surface area contributed by atoms with Gasteiger partial charge in [0.05, 0.1) is 11.8 Å². The molecule has 2 rings (SSSR count). The molecule has 2 aliphatic heterocycles. The molecular weight excluding hydrogens is 232 g/mol. The molecule has 2 fully saturated rings. The summed E-state index contributed by atoms with van der Waals surface area (Å²) in [7, 11) is 0. The minimum Gasteiger partial charge on any atom is -0.481 e. The van der Waals surface area contributed by atoms with E-state index < -0.39 is 5.97 Å². The molecule has 0 radical (unpaired) electrons. The van der Waals surface area contributed by atoms with Gasteiger partial charge in [0.15, 0.2) is 0 Å². The smallest absolute Gasteiger partial charge is 0.306 e. The molecule has 5 heteroatoms. The zero-order valence-corrected chi connectivity index (χ0v) is 11.1. The molecule has 4 atom stereocenters. The van der Waals surface area contributed by atoms with Gasteiger partial charge in [-0.05, 0) is 32.2 Å². The van der Waals surface area contributed by atoms with Crippen molar-refractivity contribution in [2.75, 3.05) is 19.6 Å². The normalized spacial score (nSPS) is 36.7. The summed E-state index contributed by atoms with van der Waals surface area (Å²) < 4.78 is 0. The van der Waals surface area contributed by atoms with Crippen LogP contribution in [0.2, 0.25) is 0 Å². The van der Waals surface area contributed by atoms with Crippen molar-refractivity contribution in [3.63, 3.8) is 0 Å². The maximum Gasteiger partial charge on any atom is 0.306 e. The van der Waals surface area contributed by atoms with E-state index in [1.807, 2.05) is 11.8 Å². The maximum absolute atomic E-state index is 12.4. The van der Waals surface area contributed by atoms with E-state index in [0.717, 1.165) is 13.1 Å². The number of amides is 1. The first-order valence-corrected chi connectivity index (χ1v) is 6.74. The van der Waals surface area contributed by atoms with Gasteiger partial charge in [-0.15, -0.1) is 0 Å². The zero-order valence-electron chi connectivity index (χ0n) is 11.1. The van der Waals surface area contributed by atoms with E-state index in [9.17, 15) is 9.59 Å². The number of piperidine rings is 1. The Morgan fingerprint density at radius 1 is 1.28 bits per heavy atom. The highest BCUT2D eigenvalue weighted by atomic mass is 16.4. The second-order valence-corrected chi connectivity index (χ2v) is 5.68. The quantitative estimate of drug-likeness (QED) is 0.755. The van der Waals surface area contributed by atoms with Gasteiger partial charge < -0.3 is 15.3 Å². The van der Waals surface area contributed by atoms with Crippen LogP contribution in [0.1, 0.15) is 26.7 Å². The minimum absolute atomic E-state index is 0.0418. The summed E-state index contributed by atoms with van der Waals surface area (Å²) in [6.07, 6.45) is 1.16. The Morgan fingerprint density at radius 2 is 2.00 bits per heavy atom. The molecule has 18 heavy (non-hydrogen) atoms. The van der Waals surface area contributed by atoms with Gasteiger partial charge >= 0.3 is 5.97 Å². The maximum atomic E-state index is 12.4. The van der Waals surface area contributed by atoms with E-state index >= 15 is 0 Å². The van der Waals surface area contributed by atoms with Gasteiger partial charge in [-0.25, -0.2) is 0 Å². The molecule has 0 aromatic heterocycles. The van der Waals surface area contributed by atoms with Crippen LogP contribution >= 0.6 is 0 Å². The minimum atomic E-state index is -0.732. The van der Waals surface area contributed by atoms with Crippen LogP contribution in [0.15, 0.2) is 0 Å². The average molecular weight is 254 g/mol. The Bertz CT molecular complexity index is 345. The van der Waals surface area contributed by atoms with Gasteiger partial charge in [0.1, 0.15) is 0 Å². The second kappa shape index (κ2) is 5.26. The number of carbonyl (C=O) groups is 2. The highest BCUT2D eigenvalue weighted by molar-refractivity contribution is 5.80. The number of nitrogens with zero attached hydrogens (tertiary/aromatic N) is 1. The summed E-state index contributed by atoms with van der Waals surface area (Å²) >= 11 is 0. The predicted molar refractivity (Wildman–Crippen MR) is 67.1 cm³/mol. The molecule has 2 saturated heterocycles. The molecule has 1 amide bonds. The molecule has 2 aliphatic rings. The van der Waals surface area contributed by atoms with Crippen molar-refractivity contribution in [3.8, 4) is 0 Å². The Balaban J connectivity index is 1.98. The number of likely N-dealkylation sites (tertiary alicyclic amines) is 1. The van der Waals surface area contributed by atoms with Crippen LogP contribution in [0.4, 0.5) is 0 Å². The molecule has 5 nitrogen and oxygen atoms in total. The van der Waals surface area contributed by atoms with Crippen LogP contribution in [0.3, 0.4) is 0 Å². The monoisotopic (exact) mass is 254 g/mol. The number of hydrogen-bond donors (Lipinski definition) is 2. The summed E-state index contributed by atoms with van der Waals surface area (Å²) in [6.45, 7) is 6.29. The first-order valence-electron chi connectivity index (χ1n) is 6.74. The number of nitrogens with one attached hydrogen (secondary N) is 1. The summed E-state index contributed by atoms with van der Waals surface area (Å²) in [5.74, 6) is -0.382. The number of carboxylic acids is 1. The Morgan fingerprint density at radius 3 is 2.50 bits per heavy atom. The lowest BCUT2D eigenvalue weighted by atomic mass is 9.89. The van der Waals surface area contributed by atoms with Crippen molar-refractivity contribution in [1.29, 1.82) is 0 Å². The summed E-state index contributed by atoms with van der Waals surface area (Å²) in [5.41, 5.74) is 0. The SMILES string of the molecule is CC1CC(C(=O)O)CCN1C(=O)[C@@H]1CNC[C@H]1C. The first-order chi connectivity index (χ1) is 8.50. The van der Waals surface area contributed by atoms with Gasteiger partial charge in [0.2, 0.25) is 5.91 Å². The van der Waals surface area contributed by atoms with Crippen LogP contribution in [-0.4, -0.2) is 47.6 Å². The lowest BCUT2D eigenvalue weighted by Crippen LogP contribution is -2.49. The molecule has 0 saturated carbocycles. The molecule has 0 aliphatic carbocycles. The molecule has 2 heterocycles. The summed E-state index contributed by atoms with van der Waals surface area (Å²) in [4.78, 5) is 25.3. The van der Waals surface area contributed by atoms with Gasteiger partial charge in [0.25, 0.3) is 0 Å². The van der Waals surface area contributed by atoms with E-state index in [4.69, 9.17) is 5.11 Å². The van der Waals surface area contributed by atoms with Gasteiger partial charge in [-0.3, -0.25) is 9.59 Å². The molecule has 0 aromatic carbocycles. The lowest BCUT2D eigenvalue weighted by Gasteiger charge is -2.38. The summed E-state index contributed by atoms with van der Waals surface area (Å²) in [6, 6.07) is 0.0418. The largest absolute Gasteiger partial charge is 0.481 e. The zero-order chi connectivity index (χ0) is 13.3. The summed E-state index contributed by atoms with van der Waals surface area (Å²) in [5, 5.41) is 12.3. The third-order valence-corrected chi connectivity index (χ3v) is 4.34. The van der Waals surface area contributed by atoms with E-state index in [-0.39, 0.29) is 23.8 Å². The molecular formula is C13H22N2O3. The molecule has 2 N–H and O–H groups in total. The fraction of sp³-hybridized carbons (Fsp3) is 0.846. The van der Waals surface area contributed by atoms with Gasteiger partial charge in [-0.2, -0.15) is 0 Å². The highest BCUT2D eigenvalue weighted by Gasteiger charge is 2.38. The van der Waals surface area contributed by atoms with Crippen LogP contribution in [0, 0.1) is 17.8 Å². The van der Waals surface area contributed by atoms with Crippen molar-refractivity contribution in [2.24, 2.45) is 17.8 Å². The van der Waals surface area contributed by atoms with Crippen LogP contribution in [0.5, 0.6) is 0 Å². The lowest BCUT2D eigenvalue weighted by molar-refractivity contribution is -0.149. The molecule has 0 aromatic rings. The molecule has 102 valence electrons. The van der Waals surface area contributed by atoms with E-state index in [0.29, 0.717) is 25.3 Å². The Kier molecular flexibility index (Phi) is 3.90. The fourth-order valence-corrected chi connectivity index (χ4v) is 3.08. The number of hydrogen-bond acceptors (Lipinski definition) is 3. The van der Waals surface area contributed by atoms with Gasteiger partial charge in [0, 0.05) is 19.1 Å². The topological polar surface area (TPSA) is 69.6 Å². The van der Waals surface area contributed by atoms with Gasteiger partial charge in [-0.1, -0.05) is 6.92 Å². The number of carbonyl (C=O) groups excluding carboxylic acids is 1. The van der Waals surface area contributed by atoms with Crippen LogP contribution < -0.4 is 5.32 Å². The standard InChI is InChI=1S/C13H22N2O3/c1-8-6-14-7-11(8)12(16)15-4-3-10(13(17)18)5-9(15)2/h8-11,14H,3-7H2,1-2H3,(H,17,18)/t8-,9?,10?,11-/m1/s1. The Labute approximate surface area is 108 Å². The van der Waals surface area contributed by atoms with Crippen molar-refractivity contribution in [3.05, 3.63) is 0 Å². The third kappa shape index (κ3) is 2.51. The fourth-order valence-electron chi connectivity index (χ4n) is 3.08. The number of carboxylic acid groups (broad SMARTS) is 1. The Hall–Kier alpha value is -1.10. The van der Waals surface area contributed by atoms with Crippen molar-refractivity contribution in [1.82, 2.24) is 10.2 Å². The third-order valence-electron chi connectivity index (χ3n) is 4.34. The first kappa shape index (κ1) is 13.3. The number of aliphatic carboxylic acids is 1. The highest BCUT2D eigenvalue weighted by Crippen LogP contribution is 2.27. The van der Waals surface area contributed by atoms with Crippen molar-refractivity contribution < 1.29 is 14.7 Å². The molecule has 0 bridgehead atoms. The van der Waals surface area contributed by atoms with Crippen molar-refractivity contribution >= 4 is 11.9 Å².